The monoisotopic (exact) mass is 633 g/mol. The standard InChI is InChI=1S/C37H52N4O5/c1-7-8-16-40(29-11-9-10-26(19-29)24-41(4,5)6)34(43)23-39-22-30(27-12-13-32-28(20-27)15-18-46-32)35(36(44)45)31(39)14-17-38-25-37(2,3)21-33(38)42/h9-13,19-20,30-31,35H,7-8,14-18,21-25H2,1-6H3/p+1. The molecule has 9 nitrogen and oxygen atoms in total. The van der Waals surface area contributed by atoms with Crippen LogP contribution in [0.15, 0.2) is 42.5 Å². The maximum atomic E-state index is 14.3. The van der Waals surface area contributed by atoms with Gasteiger partial charge in [-0.3, -0.25) is 19.3 Å². The molecule has 0 aromatic heterocycles. The SMILES string of the molecule is CCCCN(C(=O)CN1CC(c2ccc3c(c2)CCO3)C(C(=O)O)C1CCN1CC(C)(C)CC1=O)c1cccc(C[N+](C)(C)C)c1. The Morgan fingerprint density at radius 1 is 1.13 bits per heavy atom. The molecule has 3 heterocycles. The van der Waals surface area contributed by atoms with E-state index in [2.05, 4.69) is 65.0 Å². The molecule has 0 aliphatic carbocycles. The van der Waals surface area contributed by atoms with Crippen molar-refractivity contribution in [2.75, 3.05) is 65.4 Å². The van der Waals surface area contributed by atoms with Crippen molar-refractivity contribution < 1.29 is 28.7 Å². The summed E-state index contributed by atoms with van der Waals surface area (Å²) in [4.78, 5) is 46.0. The molecule has 0 saturated carbocycles. The van der Waals surface area contributed by atoms with Gasteiger partial charge in [0.15, 0.2) is 0 Å². The predicted molar refractivity (Wildman–Crippen MR) is 180 cm³/mol. The van der Waals surface area contributed by atoms with Crippen LogP contribution in [-0.2, 0) is 27.3 Å². The first-order chi connectivity index (χ1) is 21.7. The van der Waals surface area contributed by atoms with Gasteiger partial charge in [0.2, 0.25) is 11.8 Å². The highest BCUT2D eigenvalue weighted by molar-refractivity contribution is 5.95. The molecule has 2 amide bonds. The van der Waals surface area contributed by atoms with E-state index < -0.39 is 11.9 Å². The minimum absolute atomic E-state index is 0.0219. The molecule has 0 bridgehead atoms. The van der Waals surface area contributed by atoms with E-state index in [1.165, 1.54) is 5.56 Å². The third kappa shape index (κ3) is 7.92. The van der Waals surface area contributed by atoms with Crippen molar-refractivity contribution >= 4 is 23.5 Å². The number of aliphatic carboxylic acids is 1. The fourth-order valence-electron chi connectivity index (χ4n) is 7.64. The second kappa shape index (κ2) is 13.7. The fraction of sp³-hybridized carbons (Fsp3) is 0.595. The van der Waals surface area contributed by atoms with Crippen molar-refractivity contribution in [3.63, 3.8) is 0 Å². The maximum absolute atomic E-state index is 14.3. The first-order valence-electron chi connectivity index (χ1n) is 16.9. The highest BCUT2D eigenvalue weighted by Gasteiger charge is 2.48. The quantitative estimate of drug-likeness (QED) is 0.320. The highest BCUT2D eigenvalue weighted by Crippen LogP contribution is 2.42. The summed E-state index contributed by atoms with van der Waals surface area (Å²) in [7, 11) is 6.46. The average Bonchev–Trinajstić information content (AvgIpc) is 3.65. The van der Waals surface area contributed by atoms with Gasteiger partial charge in [0.1, 0.15) is 12.3 Å². The maximum Gasteiger partial charge on any atom is 0.308 e. The highest BCUT2D eigenvalue weighted by atomic mass is 16.5. The second-order valence-corrected chi connectivity index (χ2v) is 15.4. The molecule has 1 N–H and O–H groups in total. The number of likely N-dealkylation sites (tertiary alicyclic amines) is 2. The Bertz CT molecular complexity index is 1430. The summed E-state index contributed by atoms with van der Waals surface area (Å²) in [6, 6.07) is 13.9. The van der Waals surface area contributed by atoms with Gasteiger partial charge in [-0.05, 0) is 47.6 Å². The van der Waals surface area contributed by atoms with Crippen LogP contribution in [0.4, 0.5) is 5.69 Å². The van der Waals surface area contributed by atoms with Crippen molar-refractivity contribution in [1.82, 2.24) is 9.80 Å². The van der Waals surface area contributed by atoms with Crippen LogP contribution < -0.4 is 9.64 Å². The Balaban J connectivity index is 1.43. The van der Waals surface area contributed by atoms with E-state index in [-0.39, 0.29) is 35.7 Å². The van der Waals surface area contributed by atoms with Gasteiger partial charge in [-0.1, -0.05) is 51.5 Å². The number of carboxylic acids is 1. The molecule has 2 aromatic carbocycles. The first-order valence-corrected chi connectivity index (χ1v) is 16.9. The van der Waals surface area contributed by atoms with Crippen molar-refractivity contribution in [2.24, 2.45) is 11.3 Å². The number of benzene rings is 2. The van der Waals surface area contributed by atoms with E-state index >= 15 is 0 Å². The van der Waals surface area contributed by atoms with Crippen LogP contribution in [-0.4, -0.2) is 104 Å². The molecule has 2 saturated heterocycles. The zero-order chi connectivity index (χ0) is 33.2. The minimum atomic E-state index is -0.856. The molecule has 3 unspecified atom stereocenters. The zero-order valence-corrected chi connectivity index (χ0v) is 28.6. The minimum Gasteiger partial charge on any atom is -0.493 e. The van der Waals surface area contributed by atoms with Crippen LogP contribution >= 0.6 is 0 Å². The van der Waals surface area contributed by atoms with E-state index in [0.717, 1.165) is 52.9 Å². The number of unbranched alkanes of at least 4 members (excludes halogenated alkanes) is 1. The summed E-state index contributed by atoms with van der Waals surface area (Å²) in [5.41, 5.74) is 4.05. The summed E-state index contributed by atoms with van der Waals surface area (Å²) in [6.45, 7) is 10.1. The summed E-state index contributed by atoms with van der Waals surface area (Å²) in [6.07, 6.45) is 3.65. The molecule has 3 aliphatic rings. The third-order valence-electron chi connectivity index (χ3n) is 9.73. The van der Waals surface area contributed by atoms with Gasteiger partial charge >= 0.3 is 5.97 Å². The molecule has 2 aromatic rings. The molecule has 46 heavy (non-hydrogen) atoms. The first kappa shape index (κ1) is 33.9. The lowest BCUT2D eigenvalue weighted by atomic mass is 9.83. The van der Waals surface area contributed by atoms with Crippen molar-refractivity contribution in [3.8, 4) is 5.75 Å². The van der Waals surface area contributed by atoms with Gasteiger partial charge in [0.25, 0.3) is 0 Å². The Morgan fingerprint density at radius 3 is 2.59 bits per heavy atom. The lowest BCUT2D eigenvalue weighted by Crippen LogP contribution is -2.45. The van der Waals surface area contributed by atoms with Gasteiger partial charge in [-0.2, -0.15) is 0 Å². The molecule has 3 atom stereocenters. The molecule has 9 heteroatoms. The fourth-order valence-corrected chi connectivity index (χ4v) is 7.64. The number of fused-ring (bicyclic) bond motifs is 1. The Morgan fingerprint density at radius 2 is 1.91 bits per heavy atom. The number of carboxylic acid groups (broad SMARTS) is 1. The molecular weight excluding hydrogens is 580 g/mol. The van der Waals surface area contributed by atoms with E-state index in [1.54, 1.807) is 0 Å². The molecule has 5 rings (SSSR count). The Labute approximate surface area is 274 Å². The van der Waals surface area contributed by atoms with Crippen LogP contribution in [0.2, 0.25) is 0 Å². The predicted octanol–water partition coefficient (Wildman–Crippen LogP) is 4.78. The number of nitrogens with zero attached hydrogens (tertiary/aromatic N) is 4. The van der Waals surface area contributed by atoms with Crippen molar-refractivity contribution in [2.45, 2.75) is 71.4 Å². The number of ether oxygens (including phenoxy) is 1. The van der Waals surface area contributed by atoms with E-state index in [1.807, 2.05) is 34.1 Å². The summed E-state index contributed by atoms with van der Waals surface area (Å²) in [5.74, 6) is -0.865. The van der Waals surface area contributed by atoms with Crippen LogP contribution in [0.1, 0.15) is 69.1 Å². The zero-order valence-electron chi connectivity index (χ0n) is 28.6. The number of amides is 2. The third-order valence-corrected chi connectivity index (χ3v) is 9.73. The topological polar surface area (TPSA) is 90.4 Å². The average molecular weight is 634 g/mol. The van der Waals surface area contributed by atoms with Crippen molar-refractivity contribution in [3.05, 3.63) is 59.2 Å². The van der Waals surface area contributed by atoms with Crippen LogP contribution in [0.3, 0.4) is 0 Å². The van der Waals surface area contributed by atoms with Crippen molar-refractivity contribution in [1.29, 1.82) is 0 Å². The van der Waals surface area contributed by atoms with Gasteiger partial charge in [0, 0.05) is 62.2 Å². The molecule has 0 spiro atoms. The largest absolute Gasteiger partial charge is 0.493 e. The number of anilines is 1. The molecule has 2 fully saturated rings. The number of hydrogen-bond acceptors (Lipinski definition) is 5. The van der Waals surface area contributed by atoms with Gasteiger partial charge in [-0.15, -0.1) is 0 Å². The summed E-state index contributed by atoms with van der Waals surface area (Å²) < 4.78 is 6.51. The number of rotatable bonds is 13. The lowest BCUT2D eigenvalue weighted by Gasteiger charge is -2.31. The Kier molecular flexibility index (Phi) is 10.1. The second-order valence-electron chi connectivity index (χ2n) is 15.4. The number of hydrogen-bond donors (Lipinski definition) is 1. The number of carbonyl (C=O) groups is 3. The summed E-state index contributed by atoms with van der Waals surface area (Å²) in [5, 5.41) is 10.7. The van der Waals surface area contributed by atoms with E-state index in [9.17, 15) is 19.5 Å². The van der Waals surface area contributed by atoms with E-state index in [0.29, 0.717) is 45.6 Å². The molecule has 0 radical (unpaired) electrons. The van der Waals surface area contributed by atoms with Crippen LogP contribution in [0.25, 0.3) is 0 Å². The van der Waals surface area contributed by atoms with Crippen LogP contribution in [0, 0.1) is 11.3 Å². The van der Waals surface area contributed by atoms with Gasteiger partial charge in [-0.25, -0.2) is 0 Å². The smallest absolute Gasteiger partial charge is 0.308 e. The number of carbonyl (C=O) groups excluding carboxylic acids is 2. The molecule has 250 valence electrons. The molecular formula is C37H53N4O5+. The van der Waals surface area contributed by atoms with Crippen LogP contribution in [0.5, 0.6) is 5.75 Å². The lowest BCUT2D eigenvalue weighted by molar-refractivity contribution is -0.884. The van der Waals surface area contributed by atoms with Gasteiger partial charge in [0.05, 0.1) is 40.2 Å². The van der Waals surface area contributed by atoms with E-state index in [4.69, 9.17) is 4.74 Å². The molecule has 3 aliphatic heterocycles. The normalized spacial score (nSPS) is 22.6. The van der Waals surface area contributed by atoms with Gasteiger partial charge < -0.3 is 24.1 Å². The number of quaternary nitrogens is 1. The summed E-state index contributed by atoms with van der Waals surface area (Å²) >= 11 is 0. The Hall–Kier alpha value is -3.43.